The monoisotopic (exact) mass is 243 g/mol. The van der Waals surface area contributed by atoms with E-state index in [1.54, 1.807) is 6.07 Å². The van der Waals surface area contributed by atoms with Gasteiger partial charge in [0, 0.05) is 17.4 Å². The number of rotatable bonds is 6. The molecule has 1 aromatic rings. The van der Waals surface area contributed by atoms with Crippen molar-refractivity contribution in [1.29, 1.82) is 0 Å². The van der Waals surface area contributed by atoms with Crippen molar-refractivity contribution in [2.45, 2.75) is 19.9 Å². The smallest absolute Gasteiger partial charge is 0.124 e. The molecule has 1 unspecified atom stereocenters. The second kappa shape index (κ2) is 6.76. The van der Waals surface area contributed by atoms with Crippen LogP contribution >= 0.6 is 11.8 Å². The van der Waals surface area contributed by atoms with Gasteiger partial charge in [0.05, 0.1) is 6.61 Å². The molecule has 1 rings (SSSR count). The highest BCUT2D eigenvalue weighted by Crippen LogP contribution is 2.24. The standard InChI is InChI=1S/C12H18FNOS/c1-3-16-7-6-15-12-5-4-10(13)8-11(12)9(2)14/h4-5,8-9H,3,6-7,14H2,1-2H3. The lowest BCUT2D eigenvalue weighted by Crippen LogP contribution is -2.10. The molecule has 1 atom stereocenters. The molecule has 4 heteroatoms. The summed E-state index contributed by atoms with van der Waals surface area (Å²) >= 11 is 1.81. The molecule has 0 radical (unpaired) electrons. The third-order valence-electron chi connectivity index (χ3n) is 2.15. The van der Waals surface area contributed by atoms with Gasteiger partial charge in [-0.2, -0.15) is 11.8 Å². The number of ether oxygens (including phenoxy) is 1. The minimum Gasteiger partial charge on any atom is -0.492 e. The molecule has 0 bridgehead atoms. The van der Waals surface area contributed by atoms with Crippen LogP contribution in [0.3, 0.4) is 0 Å². The molecular formula is C12H18FNOS. The van der Waals surface area contributed by atoms with Gasteiger partial charge in [0.2, 0.25) is 0 Å². The highest BCUT2D eigenvalue weighted by atomic mass is 32.2. The van der Waals surface area contributed by atoms with E-state index in [4.69, 9.17) is 10.5 Å². The van der Waals surface area contributed by atoms with Gasteiger partial charge in [0.15, 0.2) is 0 Å². The molecule has 0 spiro atoms. The summed E-state index contributed by atoms with van der Waals surface area (Å²) in [6, 6.07) is 4.26. The van der Waals surface area contributed by atoms with Crippen LogP contribution in [0.2, 0.25) is 0 Å². The molecule has 0 saturated heterocycles. The highest BCUT2D eigenvalue weighted by Gasteiger charge is 2.09. The maximum absolute atomic E-state index is 13.0. The van der Waals surface area contributed by atoms with E-state index in [9.17, 15) is 4.39 Å². The second-order valence-electron chi connectivity index (χ2n) is 3.52. The molecule has 0 aromatic heterocycles. The zero-order valence-electron chi connectivity index (χ0n) is 9.70. The molecule has 0 amide bonds. The minimum absolute atomic E-state index is 0.218. The second-order valence-corrected chi connectivity index (χ2v) is 4.91. The number of nitrogens with two attached hydrogens (primary N) is 1. The van der Waals surface area contributed by atoms with Gasteiger partial charge in [0.25, 0.3) is 0 Å². The SMILES string of the molecule is CCSCCOc1ccc(F)cc1C(C)N. The maximum atomic E-state index is 13.0. The Hall–Kier alpha value is -0.740. The Kier molecular flexibility index (Phi) is 5.63. The molecule has 90 valence electrons. The van der Waals surface area contributed by atoms with Gasteiger partial charge in [0.1, 0.15) is 11.6 Å². The lowest BCUT2D eigenvalue weighted by molar-refractivity contribution is 0.337. The summed E-state index contributed by atoms with van der Waals surface area (Å²) in [5, 5.41) is 0. The fourth-order valence-electron chi connectivity index (χ4n) is 1.36. The van der Waals surface area contributed by atoms with Crippen LogP contribution in [0.4, 0.5) is 4.39 Å². The Labute approximate surface area is 100 Å². The third-order valence-corrected chi connectivity index (χ3v) is 3.02. The van der Waals surface area contributed by atoms with Crippen LogP contribution in [0, 0.1) is 5.82 Å². The molecule has 0 heterocycles. The van der Waals surface area contributed by atoms with Crippen molar-refractivity contribution in [2.24, 2.45) is 5.73 Å². The van der Waals surface area contributed by atoms with Gasteiger partial charge >= 0.3 is 0 Å². The highest BCUT2D eigenvalue weighted by molar-refractivity contribution is 7.99. The summed E-state index contributed by atoms with van der Waals surface area (Å²) in [4.78, 5) is 0. The topological polar surface area (TPSA) is 35.2 Å². The van der Waals surface area contributed by atoms with E-state index in [0.29, 0.717) is 12.4 Å². The fourth-order valence-corrected chi connectivity index (χ4v) is 1.85. The van der Waals surface area contributed by atoms with E-state index in [1.807, 2.05) is 18.7 Å². The number of halogens is 1. The normalized spacial score (nSPS) is 12.5. The van der Waals surface area contributed by atoms with Gasteiger partial charge in [-0.3, -0.25) is 0 Å². The van der Waals surface area contributed by atoms with Crippen LogP contribution in [-0.2, 0) is 0 Å². The average molecular weight is 243 g/mol. The Morgan fingerprint density at radius 1 is 1.50 bits per heavy atom. The summed E-state index contributed by atoms with van der Waals surface area (Å²) in [6.45, 7) is 4.56. The van der Waals surface area contributed by atoms with E-state index in [-0.39, 0.29) is 11.9 Å². The van der Waals surface area contributed by atoms with Crippen LogP contribution in [-0.4, -0.2) is 18.1 Å². The van der Waals surface area contributed by atoms with E-state index < -0.39 is 0 Å². The van der Waals surface area contributed by atoms with Crippen molar-refractivity contribution < 1.29 is 9.13 Å². The van der Waals surface area contributed by atoms with Crippen molar-refractivity contribution in [3.8, 4) is 5.75 Å². The molecule has 2 N–H and O–H groups in total. The predicted molar refractivity (Wildman–Crippen MR) is 67.5 cm³/mol. The third kappa shape index (κ3) is 4.02. The van der Waals surface area contributed by atoms with Crippen LogP contribution in [0.25, 0.3) is 0 Å². The molecule has 0 aliphatic rings. The van der Waals surface area contributed by atoms with E-state index in [2.05, 4.69) is 6.92 Å². The van der Waals surface area contributed by atoms with Gasteiger partial charge < -0.3 is 10.5 Å². The lowest BCUT2D eigenvalue weighted by Gasteiger charge is -2.13. The average Bonchev–Trinajstić information content (AvgIpc) is 2.26. The number of benzene rings is 1. The van der Waals surface area contributed by atoms with E-state index in [0.717, 1.165) is 17.1 Å². The molecule has 16 heavy (non-hydrogen) atoms. The first-order valence-electron chi connectivity index (χ1n) is 5.40. The van der Waals surface area contributed by atoms with Gasteiger partial charge in [-0.25, -0.2) is 4.39 Å². The zero-order valence-corrected chi connectivity index (χ0v) is 10.5. The lowest BCUT2D eigenvalue weighted by atomic mass is 10.1. The summed E-state index contributed by atoms with van der Waals surface area (Å²) in [5.74, 6) is 2.43. The first kappa shape index (κ1) is 13.3. The van der Waals surface area contributed by atoms with E-state index in [1.165, 1.54) is 12.1 Å². The number of hydrogen-bond acceptors (Lipinski definition) is 3. The van der Waals surface area contributed by atoms with Crippen LogP contribution < -0.4 is 10.5 Å². The van der Waals surface area contributed by atoms with E-state index >= 15 is 0 Å². The van der Waals surface area contributed by atoms with Gasteiger partial charge in [-0.05, 0) is 30.9 Å². The Bertz CT molecular complexity index is 331. The zero-order chi connectivity index (χ0) is 12.0. The van der Waals surface area contributed by atoms with Crippen LogP contribution in [0.1, 0.15) is 25.5 Å². The molecule has 2 nitrogen and oxygen atoms in total. The molecule has 0 aliphatic carbocycles. The summed E-state index contributed by atoms with van der Waals surface area (Å²) in [6.07, 6.45) is 0. The first-order chi connectivity index (χ1) is 7.65. The summed E-state index contributed by atoms with van der Waals surface area (Å²) < 4.78 is 18.6. The maximum Gasteiger partial charge on any atom is 0.124 e. The minimum atomic E-state index is -0.275. The van der Waals surface area contributed by atoms with Crippen molar-refractivity contribution in [2.75, 3.05) is 18.1 Å². The number of thioether (sulfide) groups is 1. The summed E-state index contributed by atoms with van der Waals surface area (Å²) in [5.41, 5.74) is 6.49. The van der Waals surface area contributed by atoms with Crippen molar-refractivity contribution >= 4 is 11.8 Å². The van der Waals surface area contributed by atoms with Gasteiger partial charge in [-0.1, -0.05) is 6.92 Å². The Morgan fingerprint density at radius 3 is 2.88 bits per heavy atom. The number of hydrogen-bond donors (Lipinski definition) is 1. The van der Waals surface area contributed by atoms with Crippen molar-refractivity contribution in [1.82, 2.24) is 0 Å². The molecular weight excluding hydrogens is 225 g/mol. The van der Waals surface area contributed by atoms with Crippen LogP contribution in [0.15, 0.2) is 18.2 Å². The van der Waals surface area contributed by atoms with Gasteiger partial charge in [-0.15, -0.1) is 0 Å². The quantitative estimate of drug-likeness (QED) is 0.780. The molecule has 0 aliphatic heterocycles. The Morgan fingerprint density at radius 2 is 2.25 bits per heavy atom. The Balaban J connectivity index is 2.64. The van der Waals surface area contributed by atoms with Crippen molar-refractivity contribution in [3.63, 3.8) is 0 Å². The molecule has 0 fully saturated rings. The predicted octanol–water partition coefficient (Wildman–Crippen LogP) is 2.98. The molecule has 1 aromatic carbocycles. The molecule has 0 saturated carbocycles. The largest absolute Gasteiger partial charge is 0.492 e. The fraction of sp³-hybridized carbons (Fsp3) is 0.500. The van der Waals surface area contributed by atoms with Crippen LogP contribution in [0.5, 0.6) is 5.75 Å². The first-order valence-corrected chi connectivity index (χ1v) is 6.56. The van der Waals surface area contributed by atoms with Crippen molar-refractivity contribution in [3.05, 3.63) is 29.6 Å². The summed E-state index contributed by atoms with van der Waals surface area (Å²) in [7, 11) is 0.